The summed E-state index contributed by atoms with van der Waals surface area (Å²) in [5.41, 5.74) is -0.0725. The average Bonchev–Trinajstić information content (AvgIpc) is 2.51. The van der Waals surface area contributed by atoms with Crippen molar-refractivity contribution in [3.05, 3.63) is 0 Å². The van der Waals surface area contributed by atoms with Crippen molar-refractivity contribution in [2.45, 2.75) is 59.0 Å². The van der Waals surface area contributed by atoms with Crippen LogP contribution >= 0.6 is 0 Å². The molecule has 4 atom stereocenters. The van der Waals surface area contributed by atoms with E-state index in [1.807, 2.05) is 0 Å². The van der Waals surface area contributed by atoms with Crippen molar-refractivity contribution < 1.29 is 9.90 Å². The SMILES string of the molecule is CC1(C)CCC[C@]2(C)[C@@H]3CC(=O)[C@]12C[C@@H]3O. The highest BCUT2D eigenvalue weighted by Gasteiger charge is 2.74. The van der Waals surface area contributed by atoms with E-state index in [9.17, 15) is 9.90 Å². The zero-order valence-electron chi connectivity index (χ0n) is 10.5. The van der Waals surface area contributed by atoms with Crippen LogP contribution in [0.15, 0.2) is 0 Å². The van der Waals surface area contributed by atoms with Crippen LogP contribution < -0.4 is 0 Å². The normalized spacial score (nSPS) is 54.1. The minimum atomic E-state index is -0.236. The largest absolute Gasteiger partial charge is 0.393 e. The van der Waals surface area contributed by atoms with Crippen LogP contribution in [0.2, 0.25) is 0 Å². The minimum Gasteiger partial charge on any atom is -0.393 e. The van der Waals surface area contributed by atoms with E-state index in [0.717, 1.165) is 19.3 Å². The fraction of sp³-hybridized carbons (Fsp3) is 0.929. The molecule has 3 aliphatic carbocycles. The molecule has 3 rings (SSSR count). The van der Waals surface area contributed by atoms with Gasteiger partial charge in [-0.1, -0.05) is 27.2 Å². The summed E-state index contributed by atoms with van der Waals surface area (Å²) in [6.45, 7) is 6.74. The molecular formula is C14H22O2. The molecule has 0 saturated heterocycles. The van der Waals surface area contributed by atoms with Crippen LogP contribution in [-0.4, -0.2) is 17.0 Å². The number of carbonyl (C=O) groups excluding carboxylic acids is 1. The van der Waals surface area contributed by atoms with Crippen molar-refractivity contribution in [3.63, 3.8) is 0 Å². The summed E-state index contributed by atoms with van der Waals surface area (Å²) in [5.74, 6) is 0.676. The van der Waals surface area contributed by atoms with Crippen LogP contribution in [0.4, 0.5) is 0 Å². The summed E-state index contributed by atoms with van der Waals surface area (Å²) in [7, 11) is 0. The first kappa shape index (κ1) is 10.8. The van der Waals surface area contributed by atoms with Gasteiger partial charge in [-0.25, -0.2) is 0 Å². The highest BCUT2D eigenvalue weighted by atomic mass is 16.3. The summed E-state index contributed by atoms with van der Waals surface area (Å²) >= 11 is 0. The Kier molecular flexibility index (Phi) is 1.83. The molecule has 0 aromatic heterocycles. The lowest BCUT2D eigenvalue weighted by atomic mass is 9.48. The van der Waals surface area contributed by atoms with Crippen molar-refractivity contribution in [1.29, 1.82) is 0 Å². The first-order valence-corrected chi connectivity index (χ1v) is 6.57. The van der Waals surface area contributed by atoms with Gasteiger partial charge in [-0.15, -0.1) is 0 Å². The fourth-order valence-corrected chi connectivity index (χ4v) is 5.53. The van der Waals surface area contributed by atoms with Crippen molar-refractivity contribution in [3.8, 4) is 0 Å². The molecule has 2 nitrogen and oxygen atoms in total. The quantitative estimate of drug-likeness (QED) is 0.684. The number of aliphatic hydroxyl groups excluding tert-OH is 1. The predicted molar refractivity (Wildman–Crippen MR) is 61.9 cm³/mol. The van der Waals surface area contributed by atoms with Crippen LogP contribution in [0.25, 0.3) is 0 Å². The molecule has 0 spiro atoms. The van der Waals surface area contributed by atoms with E-state index in [1.54, 1.807) is 0 Å². The second kappa shape index (κ2) is 2.72. The van der Waals surface area contributed by atoms with Gasteiger partial charge < -0.3 is 5.11 Å². The smallest absolute Gasteiger partial charge is 0.140 e. The van der Waals surface area contributed by atoms with Crippen LogP contribution in [0.5, 0.6) is 0 Å². The van der Waals surface area contributed by atoms with E-state index in [0.29, 0.717) is 12.2 Å². The van der Waals surface area contributed by atoms with Crippen LogP contribution in [0.1, 0.15) is 52.9 Å². The number of Topliss-reactive ketones (excluding diaryl/α,β-unsaturated/α-hetero) is 1. The average molecular weight is 222 g/mol. The molecule has 1 N–H and O–H groups in total. The molecule has 0 aliphatic heterocycles. The summed E-state index contributed by atoms with van der Waals surface area (Å²) in [5, 5.41) is 10.2. The van der Waals surface area contributed by atoms with E-state index in [4.69, 9.17) is 0 Å². The Hall–Kier alpha value is -0.370. The number of ketones is 1. The molecule has 3 fully saturated rings. The van der Waals surface area contributed by atoms with E-state index < -0.39 is 0 Å². The summed E-state index contributed by atoms with van der Waals surface area (Å²) in [6, 6.07) is 0. The molecule has 2 bridgehead atoms. The maximum absolute atomic E-state index is 12.4. The fourth-order valence-electron chi connectivity index (χ4n) is 5.53. The summed E-state index contributed by atoms with van der Waals surface area (Å²) < 4.78 is 0. The van der Waals surface area contributed by atoms with E-state index in [-0.39, 0.29) is 28.3 Å². The minimum absolute atomic E-state index is 0.0727. The van der Waals surface area contributed by atoms with Gasteiger partial charge in [-0.2, -0.15) is 0 Å². The Bertz CT molecular complexity index is 360. The number of aliphatic hydroxyl groups is 1. The van der Waals surface area contributed by atoms with Gasteiger partial charge in [0.1, 0.15) is 5.78 Å². The van der Waals surface area contributed by atoms with E-state index >= 15 is 0 Å². The van der Waals surface area contributed by atoms with Crippen molar-refractivity contribution >= 4 is 5.78 Å². The van der Waals surface area contributed by atoms with Gasteiger partial charge in [0.25, 0.3) is 0 Å². The first-order valence-electron chi connectivity index (χ1n) is 6.57. The monoisotopic (exact) mass is 222 g/mol. The lowest BCUT2D eigenvalue weighted by molar-refractivity contribution is -0.146. The second-order valence-corrected chi connectivity index (χ2v) is 7.07. The number of hydrogen-bond donors (Lipinski definition) is 1. The molecule has 0 amide bonds. The number of hydrogen-bond acceptors (Lipinski definition) is 2. The summed E-state index contributed by atoms with van der Waals surface area (Å²) in [4.78, 5) is 12.4. The van der Waals surface area contributed by atoms with Gasteiger partial charge in [-0.3, -0.25) is 4.79 Å². The maximum Gasteiger partial charge on any atom is 0.140 e. The second-order valence-electron chi connectivity index (χ2n) is 7.07. The molecular weight excluding hydrogens is 200 g/mol. The van der Waals surface area contributed by atoms with Gasteiger partial charge in [-0.05, 0) is 36.0 Å². The maximum atomic E-state index is 12.4. The zero-order valence-corrected chi connectivity index (χ0v) is 10.5. The van der Waals surface area contributed by atoms with Crippen molar-refractivity contribution in [2.24, 2.45) is 22.2 Å². The highest BCUT2D eigenvalue weighted by molar-refractivity contribution is 5.91. The molecule has 16 heavy (non-hydrogen) atoms. The molecule has 0 radical (unpaired) electrons. The Morgan fingerprint density at radius 2 is 1.94 bits per heavy atom. The Labute approximate surface area is 97.4 Å². The first-order chi connectivity index (χ1) is 7.35. The lowest BCUT2D eigenvalue weighted by Gasteiger charge is -2.54. The Morgan fingerprint density at radius 1 is 1.25 bits per heavy atom. The lowest BCUT2D eigenvalue weighted by Crippen LogP contribution is -2.52. The van der Waals surface area contributed by atoms with E-state index in [1.165, 1.54) is 6.42 Å². The van der Waals surface area contributed by atoms with Crippen LogP contribution in [0.3, 0.4) is 0 Å². The zero-order chi connectivity index (χ0) is 11.8. The molecule has 2 heteroatoms. The topological polar surface area (TPSA) is 37.3 Å². The van der Waals surface area contributed by atoms with Gasteiger partial charge in [0.15, 0.2) is 0 Å². The number of rotatable bonds is 0. The molecule has 0 unspecified atom stereocenters. The third-order valence-corrected chi connectivity index (χ3v) is 6.31. The van der Waals surface area contributed by atoms with Gasteiger partial charge >= 0.3 is 0 Å². The van der Waals surface area contributed by atoms with Crippen molar-refractivity contribution in [2.75, 3.05) is 0 Å². The molecule has 0 heterocycles. The molecule has 3 aliphatic rings. The van der Waals surface area contributed by atoms with Crippen LogP contribution in [-0.2, 0) is 4.79 Å². The highest BCUT2D eigenvalue weighted by Crippen LogP contribution is 2.74. The molecule has 0 aromatic rings. The van der Waals surface area contributed by atoms with Gasteiger partial charge in [0.05, 0.1) is 6.10 Å². The standard InChI is InChI=1S/C14H22O2/c1-12(2)5-4-6-13(3)9-7-11(16)14(12,13)8-10(9)15/h9-10,15H,4-8H2,1-3H3/t9-,10+,13-,14-/m1/s1. The van der Waals surface area contributed by atoms with Gasteiger partial charge in [0, 0.05) is 11.8 Å². The predicted octanol–water partition coefficient (Wildman–Crippen LogP) is 2.54. The molecule has 3 saturated carbocycles. The third kappa shape index (κ3) is 0.848. The summed E-state index contributed by atoms with van der Waals surface area (Å²) in [6.07, 6.45) is 4.58. The van der Waals surface area contributed by atoms with Gasteiger partial charge in [0.2, 0.25) is 0 Å². The third-order valence-electron chi connectivity index (χ3n) is 6.31. The number of carbonyl (C=O) groups is 1. The molecule has 90 valence electrons. The van der Waals surface area contributed by atoms with Crippen LogP contribution in [0, 0.1) is 22.2 Å². The Balaban J connectivity index is 2.20. The van der Waals surface area contributed by atoms with E-state index in [2.05, 4.69) is 20.8 Å². The molecule has 0 aromatic carbocycles. The van der Waals surface area contributed by atoms with Crippen molar-refractivity contribution in [1.82, 2.24) is 0 Å². The Morgan fingerprint density at radius 3 is 2.56 bits per heavy atom.